The van der Waals surface area contributed by atoms with Gasteiger partial charge in [0, 0.05) is 0 Å². The van der Waals surface area contributed by atoms with E-state index in [2.05, 4.69) is 139 Å². The molecule has 0 aliphatic carbocycles. The van der Waals surface area contributed by atoms with E-state index in [1.165, 1.54) is 55.3 Å². The van der Waals surface area contributed by atoms with Crippen molar-refractivity contribution in [1.82, 2.24) is 0 Å². The summed E-state index contributed by atoms with van der Waals surface area (Å²) in [6.45, 7) is 20.5. The molecule has 3 nitrogen and oxygen atoms in total. The fourth-order valence-electron chi connectivity index (χ4n) is 6.03. The van der Waals surface area contributed by atoms with E-state index in [-0.39, 0.29) is 0 Å². The number of ether oxygens (including phenoxy) is 3. The zero-order valence-corrected chi connectivity index (χ0v) is 40.0. The van der Waals surface area contributed by atoms with Crippen molar-refractivity contribution in [3.8, 4) is 45.6 Å². The molecule has 0 saturated heterocycles. The van der Waals surface area contributed by atoms with E-state index in [0.29, 0.717) is 0 Å². The largest absolute Gasteiger partial charge is 0.457 e. The predicted molar refractivity (Wildman–Crippen MR) is 279 cm³/mol. The first kappa shape index (κ1) is 50.3. The Bertz CT molecular complexity index is 2430. The summed E-state index contributed by atoms with van der Waals surface area (Å²) in [6, 6.07) is 73.7. The molecule has 9 rings (SSSR count). The van der Waals surface area contributed by atoms with Gasteiger partial charge in [-0.15, -0.1) is 0 Å². The molecule has 0 spiro atoms. The van der Waals surface area contributed by atoms with Crippen LogP contribution < -0.4 is 14.2 Å². The van der Waals surface area contributed by atoms with E-state index in [1.807, 2.05) is 149 Å². The monoisotopic (exact) mass is 859 g/mol. The molecule has 0 atom stereocenters. The van der Waals surface area contributed by atoms with E-state index in [0.717, 1.165) is 34.5 Å². The topological polar surface area (TPSA) is 27.7 Å². The molecule has 332 valence electrons. The number of hydrogen-bond acceptors (Lipinski definition) is 3. The van der Waals surface area contributed by atoms with Gasteiger partial charge >= 0.3 is 0 Å². The van der Waals surface area contributed by atoms with Gasteiger partial charge in [-0.05, 0) is 136 Å². The highest BCUT2D eigenvalue weighted by Crippen LogP contribution is 2.27. The maximum Gasteiger partial charge on any atom is 0.127 e. The van der Waals surface area contributed by atoms with Crippen LogP contribution in [0, 0.1) is 41.5 Å². The van der Waals surface area contributed by atoms with Crippen molar-refractivity contribution >= 4 is 10.8 Å². The van der Waals surface area contributed by atoms with Crippen molar-refractivity contribution in [2.45, 2.75) is 69.2 Å². The molecule has 9 aromatic rings. The smallest absolute Gasteiger partial charge is 0.127 e. The molecular formula is C62H66O3. The SMILES string of the molecule is CC.CC.Cc1ccc(-c2ccc(C)cc2)cc1.Cc1ccc(Oc2ccc(C)cc2)cc1.Cc1ccc(Oc2ccc(Oc3ccc(C)cc3)cc2)cc1.c1ccc2ccccc2c1. The lowest BCUT2D eigenvalue weighted by Crippen LogP contribution is -1.86. The summed E-state index contributed by atoms with van der Waals surface area (Å²) >= 11 is 0. The second-order valence-electron chi connectivity index (χ2n) is 15.1. The minimum absolute atomic E-state index is 0.792. The van der Waals surface area contributed by atoms with Crippen LogP contribution in [0.25, 0.3) is 21.9 Å². The first-order chi connectivity index (χ1) is 31.6. The molecule has 0 aromatic heterocycles. The van der Waals surface area contributed by atoms with Crippen LogP contribution in [0.4, 0.5) is 0 Å². The van der Waals surface area contributed by atoms with Gasteiger partial charge in [0.25, 0.3) is 0 Å². The zero-order valence-electron chi connectivity index (χ0n) is 40.0. The summed E-state index contributed by atoms with van der Waals surface area (Å²) in [7, 11) is 0. The van der Waals surface area contributed by atoms with E-state index in [1.54, 1.807) is 0 Å². The van der Waals surface area contributed by atoms with Gasteiger partial charge < -0.3 is 14.2 Å². The van der Waals surface area contributed by atoms with Crippen LogP contribution in [0.3, 0.4) is 0 Å². The molecule has 0 amide bonds. The van der Waals surface area contributed by atoms with E-state index < -0.39 is 0 Å². The summed E-state index contributed by atoms with van der Waals surface area (Å²) in [4.78, 5) is 0. The molecule has 0 N–H and O–H groups in total. The summed E-state index contributed by atoms with van der Waals surface area (Å²) in [6.07, 6.45) is 0. The lowest BCUT2D eigenvalue weighted by Gasteiger charge is -2.08. The summed E-state index contributed by atoms with van der Waals surface area (Å²) in [5.74, 6) is 5.00. The van der Waals surface area contributed by atoms with Crippen molar-refractivity contribution in [2.24, 2.45) is 0 Å². The third kappa shape index (κ3) is 18.1. The minimum Gasteiger partial charge on any atom is -0.457 e. The average molecular weight is 859 g/mol. The van der Waals surface area contributed by atoms with Gasteiger partial charge in [-0.1, -0.05) is 207 Å². The van der Waals surface area contributed by atoms with Crippen molar-refractivity contribution in [2.75, 3.05) is 0 Å². The molecule has 0 radical (unpaired) electrons. The molecule has 3 heteroatoms. The third-order valence-corrected chi connectivity index (χ3v) is 9.71. The molecule has 0 aliphatic heterocycles. The van der Waals surface area contributed by atoms with Crippen molar-refractivity contribution in [3.05, 3.63) is 252 Å². The fourth-order valence-corrected chi connectivity index (χ4v) is 6.03. The highest BCUT2D eigenvalue weighted by atomic mass is 16.5. The van der Waals surface area contributed by atoms with E-state index in [9.17, 15) is 0 Å². The number of benzene rings is 9. The van der Waals surface area contributed by atoms with Crippen LogP contribution >= 0.6 is 0 Å². The van der Waals surface area contributed by atoms with Crippen molar-refractivity contribution in [3.63, 3.8) is 0 Å². The lowest BCUT2D eigenvalue weighted by atomic mass is 10.0. The summed E-state index contributed by atoms with van der Waals surface area (Å²) in [5.41, 5.74) is 10.1. The Morgan fingerprint density at radius 1 is 0.200 bits per heavy atom. The normalized spacial score (nSPS) is 9.69. The fraction of sp³-hybridized carbons (Fsp3) is 0.161. The van der Waals surface area contributed by atoms with Crippen LogP contribution in [-0.2, 0) is 0 Å². The Morgan fingerprint density at radius 3 is 0.538 bits per heavy atom. The standard InChI is InChI=1S/C20H18O2.C14H14O.C14H14.C10H8.2C2H6/c1-15-3-7-17(8-4-15)21-19-11-13-20(14-12-19)22-18-9-5-16(2)6-10-18;1-11-3-7-13(8-4-11)15-14-9-5-12(2)6-10-14;1-11-3-7-13(8-4-11)14-9-5-12(2)6-10-14;1-2-6-10-8-4-3-7-9(10)5-1;2*1-2/h3-14H,1-2H3;3-10H,1-2H3;3-10H,1-2H3;1-8H;2*1-2H3. The van der Waals surface area contributed by atoms with Crippen LogP contribution in [0.2, 0.25) is 0 Å². The first-order valence-corrected chi connectivity index (χ1v) is 22.6. The number of fused-ring (bicyclic) bond motifs is 1. The van der Waals surface area contributed by atoms with Crippen LogP contribution in [0.1, 0.15) is 61.1 Å². The number of aryl methyl sites for hydroxylation is 6. The zero-order chi connectivity index (χ0) is 46.8. The summed E-state index contributed by atoms with van der Waals surface area (Å²) in [5, 5.41) is 2.62. The van der Waals surface area contributed by atoms with Gasteiger partial charge in [0.05, 0.1) is 0 Å². The number of rotatable bonds is 7. The van der Waals surface area contributed by atoms with Gasteiger partial charge in [0.2, 0.25) is 0 Å². The summed E-state index contributed by atoms with van der Waals surface area (Å²) < 4.78 is 17.3. The van der Waals surface area contributed by atoms with E-state index >= 15 is 0 Å². The van der Waals surface area contributed by atoms with Crippen LogP contribution in [-0.4, -0.2) is 0 Å². The molecule has 9 aromatic carbocycles. The van der Waals surface area contributed by atoms with Gasteiger partial charge in [-0.2, -0.15) is 0 Å². The van der Waals surface area contributed by atoms with Gasteiger partial charge in [0.15, 0.2) is 0 Å². The van der Waals surface area contributed by atoms with Gasteiger partial charge in [-0.25, -0.2) is 0 Å². The Morgan fingerprint density at radius 2 is 0.354 bits per heavy atom. The Labute approximate surface area is 390 Å². The lowest BCUT2D eigenvalue weighted by molar-refractivity contribution is 0.469. The van der Waals surface area contributed by atoms with Crippen molar-refractivity contribution in [1.29, 1.82) is 0 Å². The molecule has 65 heavy (non-hydrogen) atoms. The molecule has 0 aliphatic rings. The predicted octanol–water partition coefficient (Wildman–Crippen LogP) is 18.8. The Kier molecular flexibility index (Phi) is 21.4. The van der Waals surface area contributed by atoms with E-state index in [4.69, 9.17) is 14.2 Å². The first-order valence-electron chi connectivity index (χ1n) is 22.6. The molecule has 0 bridgehead atoms. The molecule has 0 unspecified atom stereocenters. The second kappa shape index (κ2) is 27.6. The molecular weight excluding hydrogens is 793 g/mol. The van der Waals surface area contributed by atoms with Gasteiger partial charge in [-0.3, -0.25) is 0 Å². The van der Waals surface area contributed by atoms with Crippen LogP contribution in [0.5, 0.6) is 34.5 Å². The quantitative estimate of drug-likeness (QED) is 0.160. The van der Waals surface area contributed by atoms with Crippen molar-refractivity contribution < 1.29 is 14.2 Å². The van der Waals surface area contributed by atoms with Gasteiger partial charge in [0.1, 0.15) is 34.5 Å². The van der Waals surface area contributed by atoms with Crippen LogP contribution in [0.15, 0.2) is 218 Å². The molecule has 0 fully saturated rings. The second-order valence-corrected chi connectivity index (χ2v) is 15.1. The molecule has 0 saturated carbocycles. The maximum absolute atomic E-state index is 5.80. The third-order valence-electron chi connectivity index (χ3n) is 9.71. The highest BCUT2D eigenvalue weighted by Gasteiger charge is 2.01. The highest BCUT2D eigenvalue weighted by molar-refractivity contribution is 5.82. The number of hydrogen-bond donors (Lipinski definition) is 0. The molecule has 0 heterocycles. The maximum atomic E-state index is 5.80. The average Bonchev–Trinajstić information content (AvgIpc) is 3.35. The minimum atomic E-state index is 0.792. The Balaban J connectivity index is 0.000000191. The Hall–Kier alpha value is -7.36.